The highest BCUT2D eigenvalue weighted by Gasteiger charge is 2.05. The quantitative estimate of drug-likeness (QED) is 0.852. The van der Waals surface area contributed by atoms with Gasteiger partial charge in [0, 0.05) is 17.3 Å². The van der Waals surface area contributed by atoms with Crippen molar-refractivity contribution in [3.05, 3.63) is 64.2 Å². The minimum absolute atomic E-state index is 0.00313. The van der Waals surface area contributed by atoms with E-state index in [0.717, 1.165) is 33.8 Å². The Morgan fingerprint density at radius 1 is 1.05 bits per heavy atom. The van der Waals surface area contributed by atoms with Crippen molar-refractivity contribution in [3.63, 3.8) is 0 Å². The number of hydrogen-bond acceptors (Lipinski definition) is 2. The maximum atomic E-state index is 11.9. The first-order chi connectivity index (χ1) is 10.6. The van der Waals surface area contributed by atoms with Crippen LogP contribution in [-0.4, -0.2) is 19.0 Å². The van der Waals surface area contributed by atoms with Gasteiger partial charge in [0.2, 0.25) is 5.91 Å². The number of hydrogen-bond donors (Lipinski definition) is 2. The van der Waals surface area contributed by atoms with Gasteiger partial charge in [-0.05, 0) is 49.1 Å². The normalized spacial score (nSPS) is 10.3. The van der Waals surface area contributed by atoms with E-state index < -0.39 is 0 Å². The highest BCUT2D eigenvalue weighted by molar-refractivity contribution is 6.30. The number of aryl methyl sites for hydroxylation is 2. The molecule has 0 heterocycles. The van der Waals surface area contributed by atoms with Crippen LogP contribution < -0.4 is 10.6 Å². The molecule has 2 N–H and O–H groups in total. The fourth-order valence-electron chi connectivity index (χ4n) is 2.32. The summed E-state index contributed by atoms with van der Waals surface area (Å²) >= 11 is 5.84. The topological polar surface area (TPSA) is 41.1 Å². The minimum Gasteiger partial charge on any atom is -0.376 e. The summed E-state index contributed by atoms with van der Waals surface area (Å²) in [7, 11) is 0. The van der Waals surface area contributed by atoms with Gasteiger partial charge in [-0.3, -0.25) is 4.79 Å². The first kappa shape index (κ1) is 16.4. The number of benzene rings is 2. The summed E-state index contributed by atoms with van der Waals surface area (Å²) in [6, 6.07) is 13.8. The molecule has 0 aromatic heterocycles. The molecule has 2 rings (SSSR count). The number of halogens is 1. The Labute approximate surface area is 136 Å². The molecule has 2 aromatic carbocycles. The second-order valence-electron chi connectivity index (χ2n) is 5.35. The maximum Gasteiger partial charge on any atom is 0.239 e. The smallest absolute Gasteiger partial charge is 0.239 e. The zero-order valence-corrected chi connectivity index (χ0v) is 13.7. The van der Waals surface area contributed by atoms with E-state index in [-0.39, 0.29) is 12.5 Å². The molecular formula is C18H21ClN2O. The summed E-state index contributed by atoms with van der Waals surface area (Å²) in [5, 5.41) is 6.86. The van der Waals surface area contributed by atoms with Crippen molar-refractivity contribution < 1.29 is 4.79 Å². The zero-order chi connectivity index (χ0) is 15.9. The lowest BCUT2D eigenvalue weighted by Gasteiger charge is -2.12. The zero-order valence-electron chi connectivity index (χ0n) is 12.9. The second-order valence-corrected chi connectivity index (χ2v) is 5.78. The van der Waals surface area contributed by atoms with E-state index >= 15 is 0 Å². The average molecular weight is 317 g/mol. The molecule has 0 radical (unpaired) electrons. The minimum atomic E-state index is -0.00313. The van der Waals surface area contributed by atoms with Gasteiger partial charge in [0.05, 0.1) is 6.54 Å². The van der Waals surface area contributed by atoms with Gasteiger partial charge in [0.25, 0.3) is 0 Å². The molecule has 0 aliphatic rings. The highest BCUT2D eigenvalue weighted by atomic mass is 35.5. The van der Waals surface area contributed by atoms with Crippen LogP contribution in [0.5, 0.6) is 0 Å². The Morgan fingerprint density at radius 3 is 2.32 bits per heavy atom. The molecule has 0 saturated heterocycles. The van der Waals surface area contributed by atoms with Crippen molar-refractivity contribution in [1.29, 1.82) is 0 Å². The molecule has 0 fully saturated rings. The molecule has 22 heavy (non-hydrogen) atoms. The molecule has 0 unspecified atom stereocenters. The van der Waals surface area contributed by atoms with Crippen molar-refractivity contribution >= 4 is 23.2 Å². The van der Waals surface area contributed by atoms with Gasteiger partial charge in [-0.2, -0.15) is 0 Å². The highest BCUT2D eigenvalue weighted by Crippen LogP contribution is 2.18. The predicted molar refractivity (Wildman–Crippen MR) is 92.6 cm³/mol. The molecule has 0 atom stereocenters. The third kappa shape index (κ3) is 4.78. The molecule has 0 spiro atoms. The number of rotatable bonds is 6. The third-order valence-electron chi connectivity index (χ3n) is 3.56. The van der Waals surface area contributed by atoms with Gasteiger partial charge in [-0.25, -0.2) is 0 Å². The summed E-state index contributed by atoms with van der Waals surface area (Å²) in [5.41, 5.74) is 4.49. The molecule has 2 aromatic rings. The molecule has 0 aliphatic carbocycles. The second kappa shape index (κ2) is 7.85. The lowest BCUT2D eigenvalue weighted by atomic mass is 10.1. The number of amides is 1. The Bertz CT molecular complexity index is 618. The fourth-order valence-corrected chi connectivity index (χ4v) is 2.45. The van der Waals surface area contributed by atoms with E-state index in [4.69, 9.17) is 11.6 Å². The first-order valence-corrected chi connectivity index (χ1v) is 7.75. The molecule has 0 bridgehead atoms. The molecule has 3 nitrogen and oxygen atoms in total. The van der Waals surface area contributed by atoms with Gasteiger partial charge < -0.3 is 10.6 Å². The van der Waals surface area contributed by atoms with E-state index in [2.05, 4.69) is 10.6 Å². The van der Waals surface area contributed by atoms with Gasteiger partial charge in [-0.1, -0.05) is 41.9 Å². The summed E-state index contributed by atoms with van der Waals surface area (Å²) in [6.45, 7) is 4.97. The summed E-state index contributed by atoms with van der Waals surface area (Å²) < 4.78 is 0. The Morgan fingerprint density at radius 2 is 1.68 bits per heavy atom. The van der Waals surface area contributed by atoms with E-state index in [9.17, 15) is 4.79 Å². The number of para-hydroxylation sites is 1. The van der Waals surface area contributed by atoms with Crippen LogP contribution in [0.4, 0.5) is 5.69 Å². The molecule has 0 saturated carbocycles. The van der Waals surface area contributed by atoms with Crippen molar-refractivity contribution in [3.8, 4) is 0 Å². The molecule has 1 amide bonds. The van der Waals surface area contributed by atoms with Crippen molar-refractivity contribution in [2.24, 2.45) is 0 Å². The van der Waals surface area contributed by atoms with E-state index in [0.29, 0.717) is 6.54 Å². The monoisotopic (exact) mass is 316 g/mol. The van der Waals surface area contributed by atoms with Gasteiger partial charge in [-0.15, -0.1) is 0 Å². The standard InChI is InChI=1S/C18H21ClN2O/c1-13-4-3-5-14(2)18(13)21-12-17(22)20-11-10-15-6-8-16(19)9-7-15/h3-9,21H,10-12H2,1-2H3,(H,20,22). The number of carbonyl (C=O) groups excluding carboxylic acids is 1. The lowest BCUT2D eigenvalue weighted by molar-refractivity contribution is -0.119. The van der Waals surface area contributed by atoms with Crippen molar-refractivity contribution in [1.82, 2.24) is 5.32 Å². The largest absolute Gasteiger partial charge is 0.376 e. The summed E-state index contributed by atoms with van der Waals surface area (Å²) in [6.07, 6.45) is 0.798. The van der Waals surface area contributed by atoms with Crippen molar-refractivity contribution in [2.45, 2.75) is 20.3 Å². The van der Waals surface area contributed by atoms with Gasteiger partial charge in [0.15, 0.2) is 0 Å². The predicted octanol–water partition coefficient (Wildman–Crippen LogP) is 3.73. The van der Waals surface area contributed by atoms with E-state index in [1.165, 1.54) is 0 Å². The molecular weight excluding hydrogens is 296 g/mol. The van der Waals surface area contributed by atoms with Crippen LogP contribution in [0.2, 0.25) is 5.02 Å². The van der Waals surface area contributed by atoms with E-state index in [1.807, 2.05) is 56.3 Å². The molecule has 0 aliphatic heterocycles. The van der Waals surface area contributed by atoms with Crippen LogP contribution in [0.3, 0.4) is 0 Å². The summed E-state index contributed by atoms with van der Waals surface area (Å²) in [4.78, 5) is 11.9. The lowest BCUT2D eigenvalue weighted by Crippen LogP contribution is -2.31. The first-order valence-electron chi connectivity index (χ1n) is 7.37. The SMILES string of the molecule is Cc1cccc(C)c1NCC(=O)NCCc1ccc(Cl)cc1. The van der Waals surface area contributed by atoms with Crippen LogP contribution in [-0.2, 0) is 11.2 Å². The maximum absolute atomic E-state index is 11.9. The number of nitrogens with one attached hydrogen (secondary N) is 2. The van der Waals surface area contributed by atoms with Crippen molar-refractivity contribution in [2.75, 3.05) is 18.4 Å². The van der Waals surface area contributed by atoms with Crippen LogP contribution in [0, 0.1) is 13.8 Å². The average Bonchev–Trinajstić information content (AvgIpc) is 2.49. The Kier molecular flexibility index (Phi) is 5.84. The third-order valence-corrected chi connectivity index (χ3v) is 3.81. The Balaban J connectivity index is 1.75. The Hall–Kier alpha value is -2.00. The molecule has 4 heteroatoms. The van der Waals surface area contributed by atoms with Crippen LogP contribution >= 0.6 is 11.6 Å². The fraction of sp³-hybridized carbons (Fsp3) is 0.278. The van der Waals surface area contributed by atoms with Gasteiger partial charge >= 0.3 is 0 Å². The number of anilines is 1. The summed E-state index contributed by atoms with van der Waals surface area (Å²) in [5.74, 6) is -0.00313. The van der Waals surface area contributed by atoms with Crippen LogP contribution in [0.25, 0.3) is 0 Å². The number of carbonyl (C=O) groups is 1. The van der Waals surface area contributed by atoms with E-state index in [1.54, 1.807) is 0 Å². The van der Waals surface area contributed by atoms with Crippen LogP contribution in [0.15, 0.2) is 42.5 Å². The van der Waals surface area contributed by atoms with Crippen LogP contribution in [0.1, 0.15) is 16.7 Å². The van der Waals surface area contributed by atoms with Gasteiger partial charge in [0.1, 0.15) is 0 Å². The molecule has 116 valence electrons.